The van der Waals surface area contributed by atoms with Gasteiger partial charge in [-0.15, -0.1) is 0 Å². The SMILES string of the molecule is O=C1OC(C(=O)Nc2ccc(F)cc2)Cc2ccc(Cl)cc21. The number of carbonyl (C=O) groups excluding carboxylic acids is 2. The van der Waals surface area contributed by atoms with Gasteiger partial charge in [-0.05, 0) is 42.0 Å². The zero-order valence-corrected chi connectivity index (χ0v) is 12.1. The number of rotatable bonds is 2. The third-order valence-electron chi connectivity index (χ3n) is 3.35. The van der Waals surface area contributed by atoms with Crippen LogP contribution in [0, 0.1) is 5.82 Å². The molecule has 0 fully saturated rings. The van der Waals surface area contributed by atoms with Gasteiger partial charge >= 0.3 is 5.97 Å². The Labute approximate surface area is 130 Å². The molecule has 1 aliphatic rings. The van der Waals surface area contributed by atoms with Gasteiger partial charge in [-0.25, -0.2) is 9.18 Å². The smallest absolute Gasteiger partial charge is 0.339 e. The van der Waals surface area contributed by atoms with Crippen LogP contribution < -0.4 is 5.32 Å². The fourth-order valence-corrected chi connectivity index (χ4v) is 2.43. The van der Waals surface area contributed by atoms with Crippen LogP contribution in [0.5, 0.6) is 0 Å². The lowest BCUT2D eigenvalue weighted by Crippen LogP contribution is -2.38. The van der Waals surface area contributed by atoms with Gasteiger partial charge in [-0.1, -0.05) is 17.7 Å². The minimum absolute atomic E-state index is 0.269. The van der Waals surface area contributed by atoms with E-state index < -0.39 is 23.8 Å². The lowest BCUT2D eigenvalue weighted by atomic mass is 9.98. The highest BCUT2D eigenvalue weighted by atomic mass is 35.5. The molecule has 112 valence electrons. The minimum Gasteiger partial charge on any atom is -0.448 e. The molecule has 22 heavy (non-hydrogen) atoms. The van der Waals surface area contributed by atoms with Crippen molar-refractivity contribution in [1.82, 2.24) is 0 Å². The van der Waals surface area contributed by atoms with Crippen molar-refractivity contribution in [1.29, 1.82) is 0 Å². The van der Waals surface area contributed by atoms with Crippen LogP contribution in [-0.2, 0) is 16.0 Å². The molecular weight excluding hydrogens is 309 g/mol. The minimum atomic E-state index is -0.925. The number of amides is 1. The van der Waals surface area contributed by atoms with Crippen molar-refractivity contribution in [3.8, 4) is 0 Å². The monoisotopic (exact) mass is 319 g/mol. The quantitative estimate of drug-likeness (QED) is 0.865. The summed E-state index contributed by atoms with van der Waals surface area (Å²) in [6.45, 7) is 0. The first-order chi connectivity index (χ1) is 10.5. The molecule has 1 aliphatic heterocycles. The summed E-state index contributed by atoms with van der Waals surface area (Å²) in [4.78, 5) is 24.1. The Morgan fingerprint density at radius 2 is 1.95 bits per heavy atom. The number of anilines is 1. The fraction of sp³-hybridized carbons (Fsp3) is 0.125. The van der Waals surface area contributed by atoms with Crippen molar-refractivity contribution in [2.75, 3.05) is 5.32 Å². The molecule has 4 nitrogen and oxygen atoms in total. The Balaban J connectivity index is 1.76. The van der Waals surface area contributed by atoms with Gasteiger partial charge in [-0.2, -0.15) is 0 Å². The van der Waals surface area contributed by atoms with Gasteiger partial charge in [0.05, 0.1) is 5.56 Å². The predicted octanol–water partition coefficient (Wildman–Crippen LogP) is 3.20. The van der Waals surface area contributed by atoms with E-state index >= 15 is 0 Å². The Morgan fingerprint density at radius 1 is 1.23 bits per heavy atom. The highest BCUT2D eigenvalue weighted by molar-refractivity contribution is 6.31. The van der Waals surface area contributed by atoms with Gasteiger partial charge < -0.3 is 10.1 Å². The Bertz CT molecular complexity index is 746. The number of ether oxygens (including phenoxy) is 1. The molecule has 1 amide bonds. The van der Waals surface area contributed by atoms with Crippen molar-refractivity contribution in [2.45, 2.75) is 12.5 Å². The highest BCUT2D eigenvalue weighted by Gasteiger charge is 2.31. The Morgan fingerprint density at radius 3 is 2.68 bits per heavy atom. The molecule has 1 unspecified atom stereocenters. The summed E-state index contributed by atoms with van der Waals surface area (Å²) in [5, 5.41) is 3.03. The first-order valence-corrected chi connectivity index (χ1v) is 6.96. The van der Waals surface area contributed by atoms with Crippen LogP contribution in [0.15, 0.2) is 42.5 Å². The first-order valence-electron chi connectivity index (χ1n) is 6.59. The average molecular weight is 320 g/mol. The van der Waals surface area contributed by atoms with Crippen LogP contribution in [0.3, 0.4) is 0 Å². The second-order valence-electron chi connectivity index (χ2n) is 4.90. The summed E-state index contributed by atoms with van der Waals surface area (Å²) < 4.78 is 18.0. The number of benzene rings is 2. The number of hydrogen-bond donors (Lipinski definition) is 1. The summed E-state index contributed by atoms with van der Waals surface area (Å²) >= 11 is 5.84. The summed E-state index contributed by atoms with van der Waals surface area (Å²) in [7, 11) is 0. The van der Waals surface area contributed by atoms with Crippen molar-refractivity contribution < 1.29 is 18.7 Å². The molecule has 1 heterocycles. The van der Waals surface area contributed by atoms with E-state index in [1.807, 2.05) is 0 Å². The van der Waals surface area contributed by atoms with Gasteiger partial charge in [-0.3, -0.25) is 4.79 Å². The molecule has 1 N–H and O–H groups in total. The molecule has 0 bridgehead atoms. The Kier molecular flexibility index (Phi) is 3.81. The molecule has 2 aromatic rings. The summed E-state index contributed by atoms with van der Waals surface area (Å²) in [6.07, 6.45) is -0.656. The molecule has 0 radical (unpaired) electrons. The van der Waals surface area contributed by atoms with Gasteiger partial charge in [0.25, 0.3) is 5.91 Å². The molecular formula is C16H11ClFNO3. The zero-order chi connectivity index (χ0) is 15.7. The molecule has 3 rings (SSSR count). The van der Waals surface area contributed by atoms with Crippen LogP contribution >= 0.6 is 11.6 Å². The van der Waals surface area contributed by atoms with Crippen LogP contribution in [0.4, 0.5) is 10.1 Å². The molecule has 0 aromatic heterocycles. The zero-order valence-electron chi connectivity index (χ0n) is 11.3. The second kappa shape index (κ2) is 5.77. The molecule has 2 aromatic carbocycles. The number of cyclic esters (lactones) is 1. The number of nitrogens with one attached hydrogen (secondary N) is 1. The third-order valence-corrected chi connectivity index (χ3v) is 3.59. The van der Waals surface area contributed by atoms with E-state index in [0.717, 1.165) is 0 Å². The van der Waals surface area contributed by atoms with Gasteiger partial charge in [0.1, 0.15) is 5.82 Å². The number of hydrogen-bond acceptors (Lipinski definition) is 3. The highest BCUT2D eigenvalue weighted by Crippen LogP contribution is 2.24. The van der Waals surface area contributed by atoms with Crippen molar-refractivity contribution in [3.05, 3.63) is 64.4 Å². The van der Waals surface area contributed by atoms with E-state index in [1.165, 1.54) is 30.3 Å². The van der Waals surface area contributed by atoms with E-state index in [0.29, 0.717) is 21.8 Å². The van der Waals surface area contributed by atoms with Crippen LogP contribution in [0.2, 0.25) is 5.02 Å². The summed E-state index contributed by atoms with van der Waals surface area (Å²) in [5.41, 5.74) is 1.52. The standard InChI is InChI=1S/C16H11ClFNO3/c17-10-2-1-9-7-14(22-16(21)13(9)8-10)15(20)19-12-5-3-11(18)4-6-12/h1-6,8,14H,7H2,(H,19,20). The van der Waals surface area contributed by atoms with Gasteiger partial charge in [0.15, 0.2) is 6.10 Å². The van der Waals surface area contributed by atoms with E-state index in [4.69, 9.17) is 16.3 Å². The molecule has 0 aliphatic carbocycles. The van der Waals surface area contributed by atoms with Crippen molar-refractivity contribution in [3.63, 3.8) is 0 Å². The molecule has 6 heteroatoms. The predicted molar refractivity (Wildman–Crippen MR) is 79.4 cm³/mol. The number of halogens is 2. The van der Waals surface area contributed by atoms with Crippen LogP contribution in [0.25, 0.3) is 0 Å². The first kappa shape index (κ1) is 14.5. The normalized spacial score (nSPS) is 16.6. The van der Waals surface area contributed by atoms with E-state index in [9.17, 15) is 14.0 Å². The molecule has 1 atom stereocenters. The average Bonchev–Trinajstić information content (AvgIpc) is 2.50. The third kappa shape index (κ3) is 2.94. The lowest BCUT2D eigenvalue weighted by molar-refractivity contribution is -0.125. The van der Waals surface area contributed by atoms with E-state index in [-0.39, 0.29) is 6.42 Å². The molecule has 0 spiro atoms. The second-order valence-corrected chi connectivity index (χ2v) is 5.33. The van der Waals surface area contributed by atoms with Crippen LogP contribution in [0.1, 0.15) is 15.9 Å². The fourth-order valence-electron chi connectivity index (χ4n) is 2.25. The largest absolute Gasteiger partial charge is 0.448 e. The summed E-state index contributed by atoms with van der Waals surface area (Å²) in [5.74, 6) is -1.43. The van der Waals surface area contributed by atoms with Crippen LogP contribution in [-0.4, -0.2) is 18.0 Å². The molecule has 0 saturated carbocycles. The number of esters is 1. The number of carbonyl (C=O) groups is 2. The lowest BCUT2D eigenvalue weighted by Gasteiger charge is -2.24. The maximum absolute atomic E-state index is 12.8. The van der Waals surface area contributed by atoms with E-state index in [2.05, 4.69) is 5.32 Å². The maximum Gasteiger partial charge on any atom is 0.339 e. The van der Waals surface area contributed by atoms with Gasteiger partial charge in [0.2, 0.25) is 0 Å². The topological polar surface area (TPSA) is 55.4 Å². The van der Waals surface area contributed by atoms with E-state index in [1.54, 1.807) is 12.1 Å². The van der Waals surface area contributed by atoms with Crippen molar-refractivity contribution in [2.24, 2.45) is 0 Å². The Hall–Kier alpha value is -2.40. The summed E-state index contributed by atoms with van der Waals surface area (Å²) in [6, 6.07) is 10.2. The molecule has 0 saturated heterocycles. The van der Waals surface area contributed by atoms with Gasteiger partial charge in [0, 0.05) is 17.1 Å². The number of fused-ring (bicyclic) bond motifs is 1. The van der Waals surface area contributed by atoms with Crippen molar-refractivity contribution >= 4 is 29.2 Å². The maximum atomic E-state index is 12.8.